The minimum absolute atomic E-state index is 0.0176. The molecule has 3 atom stereocenters. The van der Waals surface area contributed by atoms with E-state index in [4.69, 9.17) is 14.9 Å². The lowest BCUT2D eigenvalue weighted by atomic mass is 10.1. The van der Waals surface area contributed by atoms with Gasteiger partial charge in [-0.15, -0.1) is 0 Å². The van der Waals surface area contributed by atoms with E-state index in [1.54, 1.807) is 6.42 Å². The fraction of sp³-hybridized carbons (Fsp3) is 0.500. The van der Waals surface area contributed by atoms with Crippen LogP contribution >= 0.6 is 0 Å². The van der Waals surface area contributed by atoms with Gasteiger partial charge in [-0.3, -0.25) is 19.8 Å². The molecule has 2 aliphatic heterocycles. The quantitative estimate of drug-likeness (QED) is 0.382. The van der Waals surface area contributed by atoms with Crippen LogP contribution in [0.4, 0.5) is 0 Å². The summed E-state index contributed by atoms with van der Waals surface area (Å²) >= 11 is 0. The van der Waals surface area contributed by atoms with Gasteiger partial charge >= 0.3 is 17.8 Å². The lowest BCUT2D eigenvalue weighted by molar-refractivity contribution is -0.159. The number of carbonyl (C=O) groups excluding carboxylic acids is 4. The van der Waals surface area contributed by atoms with Crippen molar-refractivity contribution in [3.63, 3.8) is 0 Å². The zero-order valence-corrected chi connectivity index (χ0v) is 13.5. The van der Waals surface area contributed by atoms with E-state index in [1.807, 2.05) is 0 Å². The van der Waals surface area contributed by atoms with Gasteiger partial charge < -0.3 is 14.2 Å². The van der Waals surface area contributed by atoms with Crippen LogP contribution in [-0.4, -0.2) is 65.9 Å². The summed E-state index contributed by atoms with van der Waals surface area (Å²) < 4.78 is 14.8. The third-order valence-corrected chi connectivity index (χ3v) is 3.20. The normalized spacial score (nSPS) is 25.8. The molecule has 0 spiro atoms. The molecule has 134 valence electrons. The van der Waals surface area contributed by atoms with Crippen LogP contribution in [-0.2, 0) is 33.4 Å². The predicted octanol–water partition coefficient (Wildman–Crippen LogP) is -0.587. The van der Waals surface area contributed by atoms with Crippen LogP contribution in [0, 0.1) is 18.3 Å². The average Bonchev–Trinajstić information content (AvgIpc) is 3.03. The van der Waals surface area contributed by atoms with E-state index in [1.165, 1.54) is 20.3 Å². The first-order valence-electron chi connectivity index (χ1n) is 7.36. The van der Waals surface area contributed by atoms with Crippen LogP contribution in [0.2, 0.25) is 0 Å². The highest BCUT2D eigenvalue weighted by atomic mass is 16.6. The molecule has 2 rings (SSSR count). The van der Waals surface area contributed by atoms with Crippen molar-refractivity contribution in [2.75, 3.05) is 13.2 Å². The van der Waals surface area contributed by atoms with Gasteiger partial charge in [0.05, 0.1) is 12.7 Å². The van der Waals surface area contributed by atoms with Gasteiger partial charge in [0, 0.05) is 19.8 Å². The summed E-state index contributed by atoms with van der Waals surface area (Å²) in [5.41, 5.74) is -0.765. The Bertz CT molecular complexity index is 633. The smallest absolute Gasteiger partial charge is 0.354 e. The fourth-order valence-corrected chi connectivity index (χ4v) is 2.03. The molecule has 0 bridgehead atoms. The molecule has 0 saturated carbocycles. The molecule has 0 aromatic carbocycles. The second kappa shape index (κ2) is 7.92. The van der Waals surface area contributed by atoms with Crippen molar-refractivity contribution in [1.29, 1.82) is 5.41 Å². The number of rotatable bonds is 6. The van der Waals surface area contributed by atoms with E-state index in [0.29, 0.717) is 5.01 Å². The number of hydrogen-bond acceptors (Lipinski definition) is 10. The number of esters is 2. The number of nitrogens with zero attached hydrogens (tertiary/aromatic N) is 3. The highest BCUT2D eigenvalue weighted by molar-refractivity contribution is 6.51. The van der Waals surface area contributed by atoms with Crippen LogP contribution in [0.3, 0.4) is 0 Å². The maximum absolute atomic E-state index is 12.2. The topological polar surface area (TPSA) is 148 Å². The number of nitrogens with one attached hydrogen (secondary N) is 1. The van der Waals surface area contributed by atoms with Crippen LogP contribution in [0.1, 0.15) is 13.8 Å². The van der Waals surface area contributed by atoms with Crippen molar-refractivity contribution < 1.29 is 33.4 Å². The molecule has 0 aromatic rings. The summed E-state index contributed by atoms with van der Waals surface area (Å²) in [6.45, 7) is 2.75. The summed E-state index contributed by atoms with van der Waals surface area (Å²) in [7, 11) is 0. The Hall–Kier alpha value is -2.69. The van der Waals surface area contributed by atoms with Gasteiger partial charge in [-0.2, -0.15) is 10.1 Å². The summed E-state index contributed by atoms with van der Waals surface area (Å²) in [6, 6.07) is -1.63. The van der Waals surface area contributed by atoms with Crippen molar-refractivity contribution in [3.05, 3.63) is 12.8 Å². The first-order chi connectivity index (χ1) is 11.8. The Kier molecular flexibility index (Phi) is 5.91. The molecule has 1 saturated heterocycles. The van der Waals surface area contributed by atoms with Gasteiger partial charge in [-0.1, -0.05) is 5.22 Å². The molecule has 11 heteroatoms. The number of hydrogen-bond donors (Lipinski definition) is 1. The maximum atomic E-state index is 12.2. The summed E-state index contributed by atoms with van der Waals surface area (Å²) in [5.74, 6) is -3.69. The average molecular weight is 352 g/mol. The Labute approximate surface area is 142 Å². The van der Waals surface area contributed by atoms with E-state index in [0.717, 1.165) is 0 Å². The van der Waals surface area contributed by atoms with Crippen molar-refractivity contribution in [2.24, 2.45) is 10.3 Å². The molecule has 0 aliphatic carbocycles. The van der Waals surface area contributed by atoms with Gasteiger partial charge in [0.1, 0.15) is 6.61 Å². The SMILES string of the molecule is CCOC(=O)C(=N)C1N=NN(C2[CH][CH]C(COC(C)=O)O2)C(=O)C1=O. The summed E-state index contributed by atoms with van der Waals surface area (Å²) in [6.07, 6.45) is 1.41. The first-order valence-corrected chi connectivity index (χ1v) is 7.36. The third kappa shape index (κ3) is 4.24. The molecule has 3 unspecified atom stereocenters. The number of carbonyl (C=O) groups is 4. The van der Waals surface area contributed by atoms with E-state index in [2.05, 4.69) is 15.1 Å². The molecular formula is C14H16N4O7. The fourth-order valence-electron chi connectivity index (χ4n) is 2.03. The minimum Gasteiger partial charge on any atom is -0.463 e. The van der Waals surface area contributed by atoms with Crippen molar-refractivity contribution in [3.8, 4) is 0 Å². The summed E-state index contributed by atoms with van der Waals surface area (Å²) in [5, 5.41) is 15.4. The second-order valence-corrected chi connectivity index (χ2v) is 5.01. The monoisotopic (exact) mass is 352 g/mol. The number of ether oxygens (including phenoxy) is 3. The van der Waals surface area contributed by atoms with E-state index in [9.17, 15) is 19.2 Å². The number of Topliss-reactive ketones (excluding diaryl/α,β-unsaturated/α-hetero) is 1. The number of amides is 1. The standard InChI is InChI=1S/C14H16N4O7/c1-3-23-14(22)10(15)11-12(20)13(21)18(17-16-11)9-5-4-8(25-9)6-24-7(2)19/h4-5,8-9,11,15H,3,6H2,1-2H3. The lowest BCUT2D eigenvalue weighted by Crippen LogP contribution is -2.50. The Morgan fingerprint density at radius 3 is 2.68 bits per heavy atom. The third-order valence-electron chi connectivity index (χ3n) is 3.20. The zero-order chi connectivity index (χ0) is 18.6. The lowest BCUT2D eigenvalue weighted by Gasteiger charge is -2.26. The van der Waals surface area contributed by atoms with E-state index < -0.39 is 47.7 Å². The highest BCUT2D eigenvalue weighted by Gasteiger charge is 2.44. The molecule has 1 fully saturated rings. The molecule has 2 radical (unpaired) electrons. The Balaban J connectivity index is 2.01. The largest absolute Gasteiger partial charge is 0.463 e. The van der Waals surface area contributed by atoms with Crippen LogP contribution < -0.4 is 0 Å². The molecule has 2 heterocycles. The van der Waals surface area contributed by atoms with Crippen molar-refractivity contribution >= 4 is 29.3 Å². The number of ketones is 1. The van der Waals surface area contributed by atoms with Crippen molar-refractivity contribution in [2.45, 2.75) is 32.2 Å². The Morgan fingerprint density at radius 1 is 1.32 bits per heavy atom. The van der Waals surface area contributed by atoms with Crippen LogP contribution in [0.15, 0.2) is 10.3 Å². The van der Waals surface area contributed by atoms with E-state index in [-0.39, 0.29) is 13.2 Å². The molecule has 25 heavy (non-hydrogen) atoms. The van der Waals surface area contributed by atoms with Crippen LogP contribution in [0.25, 0.3) is 0 Å². The zero-order valence-electron chi connectivity index (χ0n) is 13.5. The molecule has 11 nitrogen and oxygen atoms in total. The second-order valence-electron chi connectivity index (χ2n) is 5.01. The highest BCUT2D eigenvalue weighted by Crippen LogP contribution is 2.24. The van der Waals surface area contributed by atoms with E-state index >= 15 is 0 Å². The van der Waals surface area contributed by atoms with Gasteiger partial charge in [-0.25, -0.2) is 4.79 Å². The summed E-state index contributed by atoms with van der Waals surface area (Å²) in [4.78, 5) is 46.5. The Morgan fingerprint density at radius 2 is 2.04 bits per heavy atom. The molecule has 1 amide bonds. The molecule has 0 aromatic heterocycles. The van der Waals surface area contributed by atoms with Crippen molar-refractivity contribution in [1.82, 2.24) is 5.01 Å². The van der Waals surface area contributed by atoms with Gasteiger partial charge in [0.2, 0.25) is 0 Å². The molecular weight excluding hydrogens is 336 g/mol. The van der Waals surface area contributed by atoms with Crippen LogP contribution in [0.5, 0.6) is 0 Å². The van der Waals surface area contributed by atoms with Gasteiger partial charge in [0.15, 0.2) is 18.0 Å². The van der Waals surface area contributed by atoms with Gasteiger partial charge in [0.25, 0.3) is 5.78 Å². The molecule has 2 aliphatic rings. The maximum Gasteiger partial charge on any atom is 0.354 e. The van der Waals surface area contributed by atoms with Gasteiger partial charge in [-0.05, 0) is 6.92 Å². The minimum atomic E-state index is -1.63. The predicted molar refractivity (Wildman–Crippen MR) is 78.8 cm³/mol. The molecule has 1 N–H and O–H groups in total. The first kappa shape index (κ1) is 18.6.